The van der Waals surface area contributed by atoms with E-state index in [4.69, 9.17) is 110 Å². The van der Waals surface area contributed by atoms with Crippen LogP contribution < -0.4 is 47.9 Å². The molecule has 9 N–H and O–H groups in total. The summed E-state index contributed by atoms with van der Waals surface area (Å²) >= 11 is 35.1. The van der Waals surface area contributed by atoms with Gasteiger partial charge in [0.2, 0.25) is 17.7 Å². The zero-order valence-corrected chi connectivity index (χ0v) is 58.9. The molecule has 6 aromatic rings. The maximum Gasteiger partial charge on any atom is 0.328 e. The summed E-state index contributed by atoms with van der Waals surface area (Å²) in [6.45, 7) is -7.16. The fourth-order valence-electron chi connectivity index (χ4n) is 9.74. The van der Waals surface area contributed by atoms with E-state index in [1.54, 1.807) is 12.1 Å². The van der Waals surface area contributed by atoms with Crippen LogP contribution in [0, 0.1) is 17.5 Å². The first-order chi connectivity index (χ1) is 51.3. The lowest BCUT2D eigenvalue weighted by molar-refractivity contribution is -0.147. The predicted molar refractivity (Wildman–Crippen MR) is 391 cm³/mol. The highest BCUT2D eigenvalue weighted by molar-refractivity contribution is 6.19. The topological polar surface area (TPSA) is 254 Å². The minimum atomic E-state index is -3.29. The van der Waals surface area contributed by atoms with Gasteiger partial charge in [-0.15, -0.1) is 69.6 Å². The maximum atomic E-state index is 13.3. The van der Waals surface area contributed by atoms with Crippen molar-refractivity contribution in [3.63, 3.8) is 0 Å². The van der Waals surface area contributed by atoms with Gasteiger partial charge in [-0.2, -0.15) is 0 Å². The molecule has 0 spiro atoms. The van der Waals surface area contributed by atoms with Gasteiger partial charge in [-0.25, -0.2) is 27.6 Å². The van der Waals surface area contributed by atoms with Gasteiger partial charge < -0.3 is 62.1 Å². The molecule has 6 rings (SSSR count). The minimum Gasteiger partial charge on any atom is -0.464 e. The van der Waals surface area contributed by atoms with Gasteiger partial charge in [-0.05, 0) is 146 Å². The number of hydrogen-bond donors (Lipinski definition) is 6. The molecule has 0 aliphatic carbocycles. The molecule has 0 heterocycles. The number of ether oxygens (including phenoxy) is 3. The maximum absolute atomic E-state index is 13.3. The molecule has 27 heteroatoms. The Labute approximate surface area is 622 Å². The third-order valence-corrected chi connectivity index (χ3v) is 15.9. The number of nitrogens with one attached hydrogen (secondary N) is 3. The van der Waals surface area contributed by atoms with Crippen LogP contribution in [0.25, 0.3) is 0 Å². The number of carbonyl (C=O) groups excluding carboxylic acids is 6. The fourth-order valence-corrected chi connectivity index (χ4v) is 11.0. The van der Waals surface area contributed by atoms with Crippen molar-refractivity contribution in [1.82, 2.24) is 16.0 Å². The van der Waals surface area contributed by atoms with Crippen molar-refractivity contribution in [2.75, 3.05) is 109 Å². The van der Waals surface area contributed by atoms with Crippen molar-refractivity contribution in [1.29, 1.82) is 0 Å². The van der Waals surface area contributed by atoms with Gasteiger partial charge in [-0.3, -0.25) is 14.4 Å². The number of carbonyl (C=O) groups is 6. The molecule has 540 valence electrons. The Balaban J connectivity index is 0.000000346. The van der Waals surface area contributed by atoms with Gasteiger partial charge in [0.1, 0.15) is 35.6 Å². The van der Waals surface area contributed by atoms with Crippen molar-refractivity contribution in [3.05, 3.63) is 196 Å². The Kier molecular flexibility index (Phi) is 32.9. The van der Waals surface area contributed by atoms with Crippen molar-refractivity contribution >= 4 is 122 Å². The molecule has 0 bridgehead atoms. The second kappa shape index (κ2) is 47.1. The number of alkyl halides is 6. The van der Waals surface area contributed by atoms with E-state index in [-0.39, 0.29) is 38.5 Å². The Morgan fingerprint density at radius 3 is 0.848 bits per heavy atom. The summed E-state index contributed by atoms with van der Waals surface area (Å²) in [6.07, 6.45) is 0.282. The normalized spacial score (nSPS) is 14.7. The molecule has 3 amide bonds. The van der Waals surface area contributed by atoms with E-state index in [2.05, 4.69) is 25.6 Å². The quantitative estimate of drug-likeness (QED) is 0.0119. The van der Waals surface area contributed by atoms with E-state index in [9.17, 15) is 41.9 Å². The molecule has 18 nitrogen and oxygen atoms in total. The first-order valence-corrected chi connectivity index (χ1v) is 34.4. The van der Waals surface area contributed by atoms with Gasteiger partial charge in [0.05, 0.1) is 43.3 Å². The first-order valence-electron chi connectivity index (χ1n) is 36.2. The van der Waals surface area contributed by atoms with Gasteiger partial charge in [0.25, 0.3) is 0 Å². The summed E-state index contributed by atoms with van der Waals surface area (Å²) in [6, 6.07) is 31.2. The summed E-state index contributed by atoms with van der Waals surface area (Å²) in [5, 5.41) is 7.51. The van der Waals surface area contributed by atoms with Crippen LogP contribution >= 0.6 is 69.6 Å². The average Bonchev–Trinajstić information content (AvgIpc) is 0.822. The SMILES string of the molecule is [2H]C([2H])(C)OC(=O)C(Cc1ccc(F)cc1)NC(=O)C(N)Cc1ccc(N(CCCl)CCCl)cc1.[2H]C([2H])([2H])C([2H])([2H])OC(=O)C(Cc1ccc(F)cc1)NC(=O)C(N)Cc1ccc(N(CCCl)CCCl)cc1.[2H]C([2H])([2H])COC(=O)C(Cc1ccc(F)cc1)NC(=O)C(N)Cc1ccc(N(CCCl)CCCl)cc1. The third-order valence-electron chi connectivity index (χ3n) is 14.8. The summed E-state index contributed by atoms with van der Waals surface area (Å²) < 4.78 is 128. The molecule has 99 heavy (non-hydrogen) atoms. The van der Waals surface area contributed by atoms with Crippen molar-refractivity contribution < 1.29 is 69.9 Å². The van der Waals surface area contributed by atoms with E-state index >= 15 is 0 Å². The van der Waals surface area contributed by atoms with Crippen LogP contribution in [-0.2, 0) is 81.5 Å². The molecule has 6 atom stereocenters. The summed E-state index contributed by atoms with van der Waals surface area (Å²) in [5.74, 6) is -3.83. The van der Waals surface area contributed by atoms with E-state index in [1.165, 1.54) is 60.7 Å². The number of rotatable bonds is 39. The van der Waals surface area contributed by atoms with E-state index in [0.29, 0.717) is 91.2 Å². The van der Waals surface area contributed by atoms with E-state index in [0.717, 1.165) is 52.8 Å². The summed E-state index contributed by atoms with van der Waals surface area (Å²) in [7, 11) is 0. The van der Waals surface area contributed by atoms with Crippen LogP contribution in [0.2, 0.25) is 0 Å². The number of benzene rings is 6. The Morgan fingerprint density at radius 1 is 0.384 bits per heavy atom. The largest absolute Gasteiger partial charge is 0.464 e. The van der Waals surface area contributed by atoms with E-state index < -0.39 is 123 Å². The lowest BCUT2D eigenvalue weighted by atomic mass is 10.0. The van der Waals surface area contributed by atoms with Gasteiger partial charge >= 0.3 is 17.9 Å². The van der Waals surface area contributed by atoms with Crippen LogP contribution in [-0.4, -0.2) is 166 Å². The number of nitrogens with zero attached hydrogens (tertiary/aromatic N) is 3. The van der Waals surface area contributed by atoms with Crippen molar-refractivity contribution in [3.8, 4) is 0 Å². The molecule has 0 radical (unpaired) electrons. The zero-order chi connectivity index (χ0) is 81.2. The monoisotopic (exact) mass is 1500 g/mol. The molecule has 0 aromatic heterocycles. The number of esters is 3. The van der Waals surface area contributed by atoms with E-state index in [1.807, 2.05) is 70.5 Å². The highest BCUT2D eigenvalue weighted by atomic mass is 35.5. The second-order valence-corrected chi connectivity index (χ2v) is 24.2. The molecular formula is C72H90Cl6F3N9O9. The smallest absolute Gasteiger partial charge is 0.328 e. The van der Waals surface area contributed by atoms with Gasteiger partial charge in [0, 0.05) is 119 Å². The second-order valence-electron chi connectivity index (χ2n) is 22.0. The zero-order valence-electron chi connectivity index (χ0n) is 64.4. The number of amides is 3. The Bertz CT molecular complexity index is 3750. The van der Waals surface area contributed by atoms with Crippen LogP contribution in [0.3, 0.4) is 0 Å². The molecule has 0 saturated heterocycles. The molecule has 0 saturated carbocycles. The van der Waals surface area contributed by atoms with Gasteiger partial charge in [-0.1, -0.05) is 72.8 Å². The highest BCUT2D eigenvalue weighted by Gasteiger charge is 2.29. The lowest BCUT2D eigenvalue weighted by Crippen LogP contribution is -2.50. The molecule has 0 aliphatic heterocycles. The van der Waals surface area contributed by atoms with Crippen LogP contribution in [0.4, 0.5) is 30.2 Å². The standard InChI is InChI=1S/3C24H30Cl2FN3O3/c3*1-2-33-24(32)22(16-18-3-7-19(27)8-4-18)29-23(31)21(28)15-17-5-9-20(10-6-17)30(13-11-25)14-12-26/h3*3-10,21-22H,2,11-16,28H2,1H3,(H,29,31)/i1D3,2D2;2D2;1D3. The Morgan fingerprint density at radius 2 is 0.616 bits per heavy atom. The Hall–Kier alpha value is -7.05. The minimum absolute atomic E-state index is 0.0146. The van der Waals surface area contributed by atoms with Crippen LogP contribution in [0.1, 0.15) is 67.7 Å². The van der Waals surface area contributed by atoms with Crippen LogP contribution in [0.5, 0.6) is 0 Å². The molecule has 0 fully saturated rings. The number of nitrogens with two attached hydrogens (primary N) is 3. The molecular weight excluding hydrogens is 1400 g/mol. The summed E-state index contributed by atoms with van der Waals surface area (Å²) in [5.41, 5.74) is 25.0. The predicted octanol–water partition coefficient (Wildman–Crippen LogP) is 9.81. The summed E-state index contributed by atoms with van der Waals surface area (Å²) in [4.78, 5) is 82.4. The lowest BCUT2D eigenvalue weighted by Gasteiger charge is -2.23. The molecule has 0 aliphatic rings. The van der Waals surface area contributed by atoms with Crippen LogP contribution in [0.15, 0.2) is 146 Å². The van der Waals surface area contributed by atoms with Crippen molar-refractivity contribution in [2.24, 2.45) is 17.2 Å². The first kappa shape index (κ1) is 69.1. The number of hydrogen-bond acceptors (Lipinski definition) is 15. The number of halogens is 9. The average molecular weight is 1510 g/mol. The molecule has 6 unspecified atom stereocenters. The molecule has 6 aromatic carbocycles. The third kappa shape index (κ3) is 31.2. The number of anilines is 3. The highest BCUT2D eigenvalue weighted by Crippen LogP contribution is 2.21. The fraction of sp³-hybridized carbons (Fsp3) is 0.417. The van der Waals surface area contributed by atoms with Crippen molar-refractivity contribution in [2.45, 2.75) is 95.4 Å². The van der Waals surface area contributed by atoms with Gasteiger partial charge in [0.15, 0.2) is 0 Å².